The van der Waals surface area contributed by atoms with E-state index in [0.717, 1.165) is 35.2 Å². The Hall–Kier alpha value is -1.32. The van der Waals surface area contributed by atoms with Gasteiger partial charge in [0.05, 0.1) is 12.2 Å². The predicted molar refractivity (Wildman–Crippen MR) is 87.7 cm³/mol. The molecule has 3 rings (SSSR count). The molecule has 1 aliphatic rings. The van der Waals surface area contributed by atoms with Gasteiger partial charge >= 0.3 is 0 Å². The molecule has 0 bridgehead atoms. The molecule has 0 saturated carbocycles. The molecule has 2 nitrogen and oxygen atoms in total. The minimum atomic E-state index is -0.838. The fourth-order valence-corrected chi connectivity index (χ4v) is 3.53. The molecule has 2 aromatic carbocycles. The normalized spacial score (nSPS) is 16.1. The molecule has 1 heterocycles. The van der Waals surface area contributed by atoms with Gasteiger partial charge in [-0.25, -0.2) is 0 Å². The van der Waals surface area contributed by atoms with E-state index in [0.29, 0.717) is 6.42 Å². The Kier molecular flexibility index (Phi) is 4.05. The number of ether oxygens (including phenoxy) is 1. The van der Waals surface area contributed by atoms with Crippen molar-refractivity contribution < 1.29 is 9.84 Å². The molecule has 1 atom stereocenters. The zero-order valence-electron chi connectivity index (χ0n) is 12.1. The molecule has 1 N–H and O–H groups in total. The molecule has 1 unspecified atom stereocenters. The van der Waals surface area contributed by atoms with Crippen LogP contribution in [-0.4, -0.2) is 11.7 Å². The molecule has 21 heavy (non-hydrogen) atoms. The summed E-state index contributed by atoms with van der Waals surface area (Å²) in [6.45, 7) is 2.66. The number of hydrogen-bond acceptors (Lipinski definition) is 2. The second-order valence-electron chi connectivity index (χ2n) is 5.79. The summed E-state index contributed by atoms with van der Waals surface area (Å²) in [6.07, 6.45) is 2.53. The van der Waals surface area contributed by atoms with Gasteiger partial charge in [-0.05, 0) is 48.6 Å². The summed E-state index contributed by atoms with van der Waals surface area (Å²) >= 11 is 3.52. The molecule has 3 heteroatoms. The van der Waals surface area contributed by atoms with Gasteiger partial charge in [-0.2, -0.15) is 0 Å². The smallest absolute Gasteiger partial charge is 0.122 e. The number of fused-ring (bicyclic) bond motifs is 1. The molecule has 2 aromatic rings. The second kappa shape index (κ2) is 5.82. The van der Waals surface area contributed by atoms with E-state index in [-0.39, 0.29) is 0 Å². The molecule has 0 amide bonds. The van der Waals surface area contributed by atoms with Crippen molar-refractivity contribution in [2.75, 3.05) is 6.61 Å². The molecule has 1 aliphatic heterocycles. The lowest BCUT2D eigenvalue weighted by atomic mass is 9.89. The van der Waals surface area contributed by atoms with Crippen LogP contribution in [0.5, 0.6) is 5.75 Å². The number of halogens is 1. The van der Waals surface area contributed by atoms with Crippen molar-refractivity contribution >= 4 is 15.9 Å². The highest BCUT2D eigenvalue weighted by atomic mass is 79.9. The zero-order valence-corrected chi connectivity index (χ0v) is 13.7. The first-order valence-electron chi connectivity index (χ1n) is 7.28. The molecule has 0 radical (unpaired) electrons. The summed E-state index contributed by atoms with van der Waals surface area (Å²) in [6, 6.07) is 14.2. The van der Waals surface area contributed by atoms with E-state index in [9.17, 15) is 5.11 Å². The van der Waals surface area contributed by atoms with Crippen molar-refractivity contribution in [1.82, 2.24) is 0 Å². The second-order valence-corrected chi connectivity index (χ2v) is 6.65. The van der Waals surface area contributed by atoms with Crippen LogP contribution in [0.15, 0.2) is 46.9 Å². The minimum Gasteiger partial charge on any atom is -0.493 e. The Labute approximate surface area is 133 Å². The summed E-state index contributed by atoms with van der Waals surface area (Å²) in [5, 5.41) is 10.8. The molecular weight excluding hydrogens is 328 g/mol. The number of benzene rings is 2. The first kappa shape index (κ1) is 14.6. The lowest BCUT2D eigenvalue weighted by Gasteiger charge is -2.25. The van der Waals surface area contributed by atoms with Gasteiger partial charge in [-0.3, -0.25) is 0 Å². The van der Waals surface area contributed by atoms with Crippen LogP contribution >= 0.6 is 15.9 Å². The van der Waals surface area contributed by atoms with Crippen LogP contribution < -0.4 is 4.74 Å². The standard InChI is InChI=1S/C18H19BrO2/c1-18(20,15-4-2-3-5-16(15)19)10-8-13-6-7-17-14(12-13)9-11-21-17/h2-7,12,20H,8-11H2,1H3. The Morgan fingerprint density at radius 2 is 2.05 bits per heavy atom. The molecule has 0 spiro atoms. The predicted octanol–water partition coefficient (Wildman–Crippen LogP) is 4.22. The Morgan fingerprint density at radius 1 is 1.24 bits per heavy atom. The van der Waals surface area contributed by atoms with Gasteiger partial charge in [-0.1, -0.05) is 46.3 Å². The van der Waals surface area contributed by atoms with Crippen LogP contribution in [0, 0.1) is 0 Å². The summed E-state index contributed by atoms with van der Waals surface area (Å²) in [5.41, 5.74) is 2.64. The number of aryl methyl sites for hydroxylation is 1. The Morgan fingerprint density at radius 3 is 2.86 bits per heavy atom. The summed E-state index contributed by atoms with van der Waals surface area (Å²) in [4.78, 5) is 0. The summed E-state index contributed by atoms with van der Waals surface area (Å²) < 4.78 is 6.48. The Bertz CT molecular complexity index is 649. The van der Waals surface area contributed by atoms with Crippen LogP contribution in [0.2, 0.25) is 0 Å². The van der Waals surface area contributed by atoms with Crippen molar-refractivity contribution in [3.63, 3.8) is 0 Å². The SMILES string of the molecule is CC(O)(CCc1ccc2c(c1)CCO2)c1ccccc1Br. The van der Waals surface area contributed by atoms with Crippen molar-refractivity contribution in [2.24, 2.45) is 0 Å². The third-order valence-corrected chi connectivity index (χ3v) is 4.80. The first-order valence-corrected chi connectivity index (χ1v) is 8.07. The third-order valence-electron chi connectivity index (χ3n) is 4.11. The molecule has 0 fully saturated rings. The number of aliphatic hydroxyl groups is 1. The van der Waals surface area contributed by atoms with Gasteiger partial charge < -0.3 is 9.84 Å². The lowest BCUT2D eigenvalue weighted by molar-refractivity contribution is 0.0473. The van der Waals surface area contributed by atoms with Gasteiger partial charge in [0.2, 0.25) is 0 Å². The quantitative estimate of drug-likeness (QED) is 0.897. The van der Waals surface area contributed by atoms with Crippen LogP contribution in [0.1, 0.15) is 30.0 Å². The van der Waals surface area contributed by atoms with Crippen molar-refractivity contribution in [1.29, 1.82) is 0 Å². The molecular formula is C18H19BrO2. The van der Waals surface area contributed by atoms with E-state index in [1.165, 1.54) is 11.1 Å². The van der Waals surface area contributed by atoms with Gasteiger partial charge in [0.1, 0.15) is 5.75 Å². The minimum absolute atomic E-state index is 0.690. The molecule has 110 valence electrons. The van der Waals surface area contributed by atoms with E-state index in [2.05, 4.69) is 28.1 Å². The van der Waals surface area contributed by atoms with Crippen LogP contribution in [-0.2, 0) is 18.4 Å². The lowest BCUT2D eigenvalue weighted by Crippen LogP contribution is -2.22. The van der Waals surface area contributed by atoms with E-state index >= 15 is 0 Å². The van der Waals surface area contributed by atoms with E-state index in [1.807, 2.05) is 37.3 Å². The maximum absolute atomic E-state index is 10.8. The largest absolute Gasteiger partial charge is 0.493 e. The monoisotopic (exact) mass is 346 g/mol. The highest BCUT2D eigenvalue weighted by molar-refractivity contribution is 9.10. The maximum atomic E-state index is 10.8. The Balaban J connectivity index is 1.73. The highest BCUT2D eigenvalue weighted by Gasteiger charge is 2.25. The molecule has 0 aromatic heterocycles. The third kappa shape index (κ3) is 3.14. The van der Waals surface area contributed by atoms with E-state index in [4.69, 9.17) is 4.74 Å². The zero-order chi connectivity index (χ0) is 14.9. The average Bonchev–Trinajstić information content (AvgIpc) is 2.93. The van der Waals surface area contributed by atoms with Gasteiger partial charge in [0.15, 0.2) is 0 Å². The molecule has 0 saturated heterocycles. The number of hydrogen-bond donors (Lipinski definition) is 1. The topological polar surface area (TPSA) is 29.5 Å². The molecule has 0 aliphatic carbocycles. The fraction of sp³-hybridized carbons (Fsp3) is 0.333. The summed E-state index contributed by atoms with van der Waals surface area (Å²) in [7, 11) is 0. The van der Waals surface area contributed by atoms with Crippen molar-refractivity contribution in [3.8, 4) is 5.75 Å². The summed E-state index contributed by atoms with van der Waals surface area (Å²) in [5.74, 6) is 1.01. The van der Waals surface area contributed by atoms with Crippen molar-refractivity contribution in [3.05, 3.63) is 63.6 Å². The van der Waals surface area contributed by atoms with Gasteiger partial charge in [0.25, 0.3) is 0 Å². The van der Waals surface area contributed by atoms with E-state index < -0.39 is 5.60 Å². The van der Waals surface area contributed by atoms with Crippen LogP contribution in [0.3, 0.4) is 0 Å². The van der Waals surface area contributed by atoms with Crippen LogP contribution in [0.4, 0.5) is 0 Å². The average molecular weight is 347 g/mol. The number of rotatable bonds is 4. The van der Waals surface area contributed by atoms with Crippen molar-refractivity contribution in [2.45, 2.75) is 31.8 Å². The van der Waals surface area contributed by atoms with Gasteiger partial charge in [0, 0.05) is 10.9 Å². The van der Waals surface area contributed by atoms with E-state index in [1.54, 1.807) is 0 Å². The van der Waals surface area contributed by atoms with Crippen LogP contribution in [0.25, 0.3) is 0 Å². The first-order chi connectivity index (χ1) is 10.1. The highest BCUT2D eigenvalue weighted by Crippen LogP contribution is 2.33. The fourth-order valence-electron chi connectivity index (χ4n) is 2.82. The maximum Gasteiger partial charge on any atom is 0.122 e. The van der Waals surface area contributed by atoms with Gasteiger partial charge in [-0.15, -0.1) is 0 Å².